The predicted molar refractivity (Wildman–Crippen MR) is 131 cm³/mol. The molecule has 0 bridgehead atoms. The molecule has 4 aromatic rings. The van der Waals surface area contributed by atoms with Crippen LogP contribution in [0, 0.1) is 0 Å². The summed E-state index contributed by atoms with van der Waals surface area (Å²) < 4.78 is 5.10. The van der Waals surface area contributed by atoms with Gasteiger partial charge in [-0.05, 0) is 42.3 Å². The number of nitrogens with one attached hydrogen (secondary N) is 4. The molecule has 9 nitrogen and oxygen atoms in total. The van der Waals surface area contributed by atoms with Crippen molar-refractivity contribution < 1.29 is 14.6 Å². The molecule has 5 N–H and O–H groups in total. The normalized spacial score (nSPS) is 15.1. The second-order valence-electron chi connectivity index (χ2n) is 7.87. The molecule has 1 unspecified atom stereocenters. The van der Waals surface area contributed by atoms with Crippen LogP contribution in [0.3, 0.4) is 0 Å². The van der Waals surface area contributed by atoms with Crippen LogP contribution in [-0.2, 0) is 11.2 Å². The summed E-state index contributed by atoms with van der Waals surface area (Å²) in [5, 5.41) is 18.0. The zero-order valence-corrected chi connectivity index (χ0v) is 19.2. The Morgan fingerprint density at radius 1 is 1.21 bits per heavy atom. The molecular formula is C24H23N5O4S. The first kappa shape index (κ1) is 22.1. The number of thioether (sulfide) groups is 1. The van der Waals surface area contributed by atoms with E-state index >= 15 is 0 Å². The molecule has 0 radical (unpaired) electrons. The van der Waals surface area contributed by atoms with Crippen molar-refractivity contribution in [1.29, 1.82) is 0 Å². The number of anilines is 1. The summed E-state index contributed by atoms with van der Waals surface area (Å²) in [5.74, 6) is 0.0855. The Balaban J connectivity index is 1.33. The van der Waals surface area contributed by atoms with Crippen molar-refractivity contribution in [1.82, 2.24) is 20.3 Å². The Labute approximate surface area is 199 Å². The monoisotopic (exact) mass is 477 g/mol. The van der Waals surface area contributed by atoms with Gasteiger partial charge < -0.3 is 30.4 Å². The molecule has 10 heteroatoms. The fraction of sp³-hybridized carbons (Fsp3) is 0.208. The number of hydrogen-bond donors (Lipinski definition) is 5. The standard InChI is InChI=1S/C24H23N5O4S/c1-33-14-8-6-13(7-9-14)26-18(30)12-34-24-28-22(31)19(23(32)29-24)21-20-16(10-11-25-21)15-4-2-3-5-17(15)27-20/h2-9,21,25,27H,10-12H2,1H3,(H,26,30)(H2,28,29,31,32). The number of carbonyl (C=O) groups excluding carboxylic acids is 1. The number of rotatable bonds is 6. The van der Waals surface area contributed by atoms with Gasteiger partial charge in [0.2, 0.25) is 11.8 Å². The largest absolute Gasteiger partial charge is 0.497 e. The summed E-state index contributed by atoms with van der Waals surface area (Å²) in [7, 11) is 1.57. The minimum atomic E-state index is -0.509. The van der Waals surface area contributed by atoms with Crippen molar-refractivity contribution in [2.75, 3.05) is 24.7 Å². The molecule has 5 rings (SSSR count). The molecule has 1 aliphatic heterocycles. The number of nitrogens with zero attached hydrogens (tertiary/aromatic N) is 1. The summed E-state index contributed by atoms with van der Waals surface area (Å²) in [4.78, 5) is 35.5. The Kier molecular flexibility index (Phi) is 5.99. The molecule has 1 amide bonds. The quantitative estimate of drug-likeness (QED) is 0.213. The number of ether oxygens (including phenoxy) is 1. The van der Waals surface area contributed by atoms with Crippen molar-refractivity contribution in [3.8, 4) is 11.6 Å². The first-order chi connectivity index (χ1) is 16.5. The van der Waals surface area contributed by atoms with Gasteiger partial charge >= 0.3 is 0 Å². The SMILES string of the molecule is COc1ccc(NC(=O)CSc2nc(O)c(C3NCCc4c3[nH]c3ccccc43)c(=O)[nH]2)cc1. The van der Waals surface area contributed by atoms with Crippen molar-refractivity contribution in [2.45, 2.75) is 17.6 Å². The fourth-order valence-corrected chi connectivity index (χ4v) is 4.87. The number of aromatic hydroxyl groups is 1. The molecule has 0 spiro atoms. The molecule has 3 heterocycles. The van der Waals surface area contributed by atoms with E-state index in [1.54, 1.807) is 31.4 Å². The molecule has 2 aromatic carbocycles. The summed E-state index contributed by atoms with van der Waals surface area (Å²) >= 11 is 1.04. The lowest BCUT2D eigenvalue weighted by Gasteiger charge is -2.24. The predicted octanol–water partition coefficient (Wildman–Crippen LogP) is 2.93. The van der Waals surface area contributed by atoms with Crippen molar-refractivity contribution in [2.24, 2.45) is 0 Å². The van der Waals surface area contributed by atoms with Crippen LogP contribution < -0.4 is 20.9 Å². The molecule has 174 valence electrons. The van der Waals surface area contributed by atoms with Gasteiger partial charge in [-0.1, -0.05) is 30.0 Å². The third kappa shape index (κ3) is 4.25. The van der Waals surface area contributed by atoms with Gasteiger partial charge in [0.05, 0.1) is 18.9 Å². The highest BCUT2D eigenvalue weighted by molar-refractivity contribution is 7.99. The molecular weight excluding hydrogens is 454 g/mol. The second kappa shape index (κ2) is 9.24. The Morgan fingerprint density at radius 2 is 2.00 bits per heavy atom. The lowest BCUT2D eigenvalue weighted by atomic mass is 9.95. The van der Waals surface area contributed by atoms with E-state index in [2.05, 4.69) is 25.6 Å². The molecule has 1 aliphatic rings. The van der Waals surface area contributed by atoms with Crippen LogP contribution in [0.5, 0.6) is 11.6 Å². The Morgan fingerprint density at radius 3 is 2.76 bits per heavy atom. The highest BCUT2D eigenvalue weighted by Crippen LogP contribution is 2.34. The lowest BCUT2D eigenvalue weighted by molar-refractivity contribution is -0.113. The number of aromatic amines is 2. The number of aromatic nitrogens is 3. The lowest BCUT2D eigenvalue weighted by Crippen LogP contribution is -2.34. The van der Waals surface area contributed by atoms with E-state index in [-0.39, 0.29) is 28.3 Å². The third-order valence-corrected chi connectivity index (χ3v) is 6.65. The summed E-state index contributed by atoms with van der Waals surface area (Å²) in [6, 6.07) is 14.4. The minimum Gasteiger partial charge on any atom is -0.497 e. The van der Waals surface area contributed by atoms with Gasteiger partial charge in [0.1, 0.15) is 11.3 Å². The number of H-pyrrole nitrogens is 2. The zero-order chi connectivity index (χ0) is 23.7. The van der Waals surface area contributed by atoms with E-state index in [1.165, 1.54) is 0 Å². The number of fused-ring (bicyclic) bond motifs is 3. The average molecular weight is 478 g/mol. The highest BCUT2D eigenvalue weighted by atomic mass is 32.2. The number of amides is 1. The van der Waals surface area contributed by atoms with Crippen LogP contribution in [0.15, 0.2) is 58.5 Å². The van der Waals surface area contributed by atoms with E-state index < -0.39 is 11.6 Å². The van der Waals surface area contributed by atoms with Gasteiger partial charge in [0.15, 0.2) is 5.16 Å². The van der Waals surface area contributed by atoms with Gasteiger partial charge in [-0.3, -0.25) is 9.59 Å². The van der Waals surface area contributed by atoms with E-state index in [4.69, 9.17) is 4.74 Å². The van der Waals surface area contributed by atoms with Gasteiger partial charge in [-0.15, -0.1) is 0 Å². The van der Waals surface area contributed by atoms with Gasteiger partial charge in [-0.25, -0.2) is 0 Å². The first-order valence-electron chi connectivity index (χ1n) is 10.8. The number of hydrogen-bond acceptors (Lipinski definition) is 7. The van der Waals surface area contributed by atoms with Crippen molar-refractivity contribution in [3.05, 3.63) is 75.7 Å². The number of methoxy groups -OCH3 is 1. The van der Waals surface area contributed by atoms with Crippen molar-refractivity contribution in [3.63, 3.8) is 0 Å². The molecule has 0 fully saturated rings. The van der Waals surface area contributed by atoms with Crippen LogP contribution in [0.1, 0.15) is 22.9 Å². The maximum absolute atomic E-state index is 12.9. The first-order valence-corrected chi connectivity index (χ1v) is 11.7. The average Bonchev–Trinajstić information content (AvgIpc) is 3.22. The molecule has 2 aromatic heterocycles. The molecule has 0 saturated heterocycles. The van der Waals surface area contributed by atoms with Crippen LogP contribution in [0.25, 0.3) is 10.9 Å². The van der Waals surface area contributed by atoms with Gasteiger partial charge in [0, 0.05) is 28.8 Å². The Hall–Kier alpha value is -3.76. The summed E-state index contributed by atoms with van der Waals surface area (Å²) in [5.41, 5.74) is 3.30. The van der Waals surface area contributed by atoms with Crippen LogP contribution in [0.2, 0.25) is 0 Å². The second-order valence-corrected chi connectivity index (χ2v) is 8.84. The smallest absolute Gasteiger partial charge is 0.260 e. The molecule has 0 saturated carbocycles. The highest BCUT2D eigenvalue weighted by Gasteiger charge is 2.30. The van der Waals surface area contributed by atoms with Crippen LogP contribution in [0.4, 0.5) is 5.69 Å². The maximum Gasteiger partial charge on any atom is 0.260 e. The zero-order valence-electron chi connectivity index (χ0n) is 18.3. The van der Waals surface area contributed by atoms with Crippen molar-refractivity contribution >= 4 is 34.3 Å². The molecule has 1 atom stereocenters. The van der Waals surface area contributed by atoms with Crippen LogP contribution in [-0.4, -0.2) is 45.4 Å². The molecule has 34 heavy (non-hydrogen) atoms. The molecule has 0 aliphatic carbocycles. The topological polar surface area (TPSA) is 132 Å². The maximum atomic E-state index is 12.9. The van der Waals surface area contributed by atoms with Crippen LogP contribution >= 0.6 is 11.8 Å². The number of benzene rings is 2. The van der Waals surface area contributed by atoms with E-state index in [9.17, 15) is 14.7 Å². The fourth-order valence-electron chi connectivity index (χ4n) is 4.21. The summed E-state index contributed by atoms with van der Waals surface area (Å²) in [6.07, 6.45) is 0.819. The number of para-hydroxylation sites is 1. The van der Waals surface area contributed by atoms with E-state index in [0.717, 1.165) is 40.3 Å². The summed E-state index contributed by atoms with van der Waals surface area (Å²) in [6.45, 7) is 0.667. The minimum absolute atomic E-state index is 0.0155. The van der Waals surface area contributed by atoms with Gasteiger partial charge in [0.25, 0.3) is 5.56 Å². The van der Waals surface area contributed by atoms with Gasteiger partial charge in [-0.2, -0.15) is 4.98 Å². The Bertz CT molecular complexity index is 1410. The van der Waals surface area contributed by atoms with E-state index in [0.29, 0.717) is 18.0 Å². The van der Waals surface area contributed by atoms with E-state index in [1.807, 2.05) is 24.3 Å². The third-order valence-electron chi connectivity index (χ3n) is 5.77. The number of carbonyl (C=O) groups is 1.